The predicted molar refractivity (Wildman–Crippen MR) is 81.0 cm³/mol. The Bertz CT molecular complexity index is 453. The highest BCUT2D eigenvalue weighted by Gasteiger charge is 2.32. The molecule has 1 aromatic rings. The number of amides is 1. The summed E-state index contributed by atoms with van der Waals surface area (Å²) < 4.78 is 5.47. The number of carbonyl (C=O) groups excluding carboxylic acids is 1. The Labute approximate surface area is 126 Å². The lowest BCUT2D eigenvalue weighted by atomic mass is 10.2. The monoisotopic (exact) mass is 294 g/mol. The molecule has 6 heteroatoms. The average molecular weight is 294 g/mol. The molecule has 0 saturated carbocycles. The maximum absolute atomic E-state index is 12.2. The van der Waals surface area contributed by atoms with Crippen LogP contribution in [0.25, 0.3) is 0 Å². The Kier molecular flexibility index (Phi) is 4.88. The second-order valence-electron chi connectivity index (χ2n) is 6.61. The van der Waals surface area contributed by atoms with Crippen LogP contribution in [-0.2, 0) is 4.74 Å². The van der Waals surface area contributed by atoms with Gasteiger partial charge in [0.2, 0.25) is 0 Å². The number of nitrogens with zero attached hydrogens (tertiary/aromatic N) is 2. The third-order valence-electron chi connectivity index (χ3n) is 3.65. The van der Waals surface area contributed by atoms with E-state index in [1.165, 1.54) is 0 Å². The van der Waals surface area contributed by atoms with Gasteiger partial charge in [-0.1, -0.05) is 0 Å². The van der Waals surface area contributed by atoms with Crippen LogP contribution in [0.4, 0.5) is 4.79 Å². The van der Waals surface area contributed by atoms with E-state index in [1.807, 2.05) is 31.7 Å². The number of aromatic nitrogens is 2. The number of nitrogens with one attached hydrogen (secondary N) is 2. The topological polar surface area (TPSA) is 70.2 Å². The standard InChI is InChI=1S/C15H26N4O2/c1-11(13-7-8-17-18-13)16-10-12-6-5-9-19(12)14(20)21-15(2,3)4/h7-8,11-12,16H,5-6,9-10H2,1-4H3,(H,17,18). The van der Waals surface area contributed by atoms with Crippen LogP contribution in [0.3, 0.4) is 0 Å². The smallest absolute Gasteiger partial charge is 0.410 e. The fourth-order valence-electron chi connectivity index (χ4n) is 2.54. The first kappa shape index (κ1) is 15.8. The number of ether oxygens (including phenoxy) is 1. The van der Waals surface area contributed by atoms with Gasteiger partial charge in [0.15, 0.2) is 0 Å². The van der Waals surface area contributed by atoms with Crippen molar-refractivity contribution in [3.8, 4) is 0 Å². The van der Waals surface area contributed by atoms with Gasteiger partial charge in [0.25, 0.3) is 0 Å². The van der Waals surface area contributed by atoms with Crippen LogP contribution < -0.4 is 5.32 Å². The first-order chi connectivity index (χ1) is 9.87. The summed E-state index contributed by atoms with van der Waals surface area (Å²) in [5, 5.41) is 10.4. The zero-order chi connectivity index (χ0) is 15.5. The van der Waals surface area contributed by atoms with Crippen LogP contribution in [0, 0.1) is 0 Å². The van der Waals surface area contributed by atoms with Crippen LogP contribution in [0.2, 0.25) is 0 Å². The van der Waals surface area contributed by atoms with Crippen LogP contribution in [0.5, 0.6) is 0 Å². The Morgan fingerprint density at radius 2 is 2.38 bits per heavy atom. The summed E-state index contributed by atoms with van der Waals surface area (Å²) in [5.41, 5.74) is 0.609. The van der Waals surface area contributed by atoms with Crippen molar-refractivity contribution in [3.05, 3.63) is 18.0 Å². The molecule has 0 aliphatic carbocycles. The minimum Gasteiger partial charge on any atom is -0.444 e. The highest BCUT2D eigenvalue weighted by molar-refractivity contribution is 5.69. The lowest BCUT2D eigenvalue weighted by Gasteiger charge is -2.29. The van der Waals surface area contributed by atoms with E-state index in [1.54, 1.807) is 6.20 Å². The van der Waals surface area contributed by atoms with Crippen LogP contribution >= 0.6 is 0 Å². The van der Waals surface area contributed by atoms with Gasteiger partial charge >= 0.3 is 6.09 Å². The number of H-pyrrole nitrogens is 1. The Balaban J connectivity index is 1.86. The summed E-state index contributed by atoms with van der Waals surface area (Å²) >= 11 is 0. The molecule has 0 aromatic carbocycles. The van der Waals surface area contributed by atoms with Gasteiger partial charge in [0, 0.05) is 31.4 Å². The number of hydrogen-bond acceptors (Lipinski definition) is 4. The predicted octanol–water partition coefficient (Wildman–Crippen LogP) is 2.46. The highest BCUT2D eigenvalue weighted by Crippen LogP contribution is 2.21. The van der Waals surface area contributed by atoms with E-state index in [0.29, 0.717) is 0 Å². The van der Waals surface area contributed by atoms with E-state index >= 15 is 0 Å². The molecule has 1 aliphatic heterocycles. The van der Waals surface area contributed by atoms with Crippen molar-refractivity contribution < 1.29 is 9.53 Å². The van der Waals surface area contributed by atoms with E-state index in [0.717, 1.165) is 31.6 Å². The minimum absolute atomic E-state index is 0.189. The molecule has 2 atom stereocenters. The van der Waals surface area contributed by atoms with Crippen LogP contribution in [-0.4, -0.2) is 45.9 Å². The SMILES string of the molecule is CC(NCC1CCCN1C(=O)OC(C)(C)C)c1ccn[nH]1. The molecule has 2 unspecified atom stereocenters. The van der Waals surface area contributed by atoms with Crippen molar-refractivity contribution in [1.82, 2.24) is 20.4 Å². The molecule has 1 amide bonds. The maximum atomic E-state index is 12.2. The Morgan fingerprint density at radius 1 is 1.62 bits per heavy atom. The average Bonchev–Trinajstić information content (AvgIpc) is 3.04. The van der Waals surface area contributed by atoms with E-state index in [4.69, 9.17) is 4.74 Å². The Morgan fingerprint density at radius 3 is 3.00 bits per heavy atom. The van der Waals surface area contributed by atoms with Crippen LogP contribution in [0.15, 0.2) is 12.3 Å². The molecular formula is C15H26N4O2. The molecule has 6 nitrogen and oxygen atoms in total. The molecule has 1 aliphatic rings. The number of aromatic amines is 1. The van der Waals surface area contributed by atoms with E-state index in [2.05, 4.69) is 22.4 Å². The van der Waals surface area contributed by atoms with Crippen molar-refractivity contribution >= 4 is 6.09 Å². The second kappa shape index (κ2) is 6.47. The van der Waals surface area contributed by atoms with Gasteiger partial charge in [0.05, 0.1) is 5.69 Å². The Hall–Kier alpha value is -1.56. The number of carbonyl (C=O) groups is 1. The molecule has 0 bridgehead atoms. The molecule has 1 saturated heterocycles. The largest absolute Gasteiger partial charge is 0.444 e. The first-order valence-electron chi connectivity index (χ1n) is 7.59. The summed E-state index contributed by atoms with van der Waals surface area (Å²) in [6, 6.07) is 2.34. The zero-order valence-electron chi connectivity index (χ0n) is 13.3. The molecule has 118 valence electrons. The molecule has 0 radical (unpaired) electrons. The van der Waals surface area contributed by atoms with Crippen molar-refractivity contribution in [2.45, 2.75) is 58.2 Å². The van der Waals surface area contributed by atoms with Crippen molar-refractivity contribution in [3.63, 3.8) is 0 Å². The number of hydrogen-bond donors (Lipinski definition) is 2. The zero-order valence-corrected chi connectivity index (χ0v) is 13.3. The third kappa shape index (κ3) is 4.46. The molecule has 0 spiro atoms. The van der Waals surface area contributed by atoms with Crippen molar-refractivity contribution in [1.29, 1.82) is 0 Å². The number of likely N-dealkylation sites (tertiary alicyclic amines) is 1. The summed E-state index contributed by atoms with van der Waals surface area (Å²) in [6.45, 7) is 9.32. The van der Waals surface area contributed by atoms with Gasteiger partial charge in [-0.2, -0.15) is 5.10 Å². The second-order valence-corrected chi connectivity index (χ2v) is 6.61. The van der Waals surface area contributed by atoms with Crippen molar-refractivity contribution in [2.24, 2.45) is 0 Å². The lowest BCUT2D eigenvalue weighted by molar-refractivity contribution is 0.0225. The van der Waals surface area contributed by atoms with Gasteiger partial charge in [-0.05, 0) is 46.6 Å². The lowest BCUT2D eigenvalue weighted by Crippen LogP contribution is -2.44. The van der Waals surface area contributed by atoms with Gasteiger partial charge in [-0.3, -0.25) is 5.10 Å². The summed E-state index contributed by atoms with van der Waals surface area (Å²) in [6.07, 6.45) is 3.59. The maximum Gasteiger partial charge on any atom is 0.410 e. The molecule has 1 aromatic heterocycles. The first-order valence-corrected chi connectivity index (χ1v) is 7.59. The minimum atomic E-state index is -0.444. The molecule has 2 rings (SSSR count). The molecule has 2 N–H and O–H groups in total. The molecule has 1 fully saturated rings. The van der Waals surface area contributed by atoms with Gasteiger partial charge in [-0.15, -0.1) is 0 Å². The van der Waals surface area contributed by atoms with Crippen molar-refractivity contribution in [2.75, 3.05) is 13.1 Å². The molecule has 21 heavy (non-hydrogen) atoms. The van der Waals surface area contributed by atoms with Gasteiger partial charge < -0.3 is 15.0 Å². The fourth-order valence-corrected chi connectivity index (χ4v) is 2.54. The summed E-state index contributed by atoms with van der Waals surface area (Å²) in [7, 11) is 0. The molecular weight excluding hydrogens is 268 g/mol. The number of rotatable bonds is 4. The summed E-state index contributed by atoms with van der Waals surface area (Å²) in [4.78, 5) is 14.0. The van der Waals surface area contributed by atoms with Gasteiger partial charge in [0.1, 0.15) is 5.60 Å². The fraction of sp³-hybridized carbons (Fsp3) is 0.733. The van der Waals surface area contributed by atoms with Crippen LogP contribution in [0.1, 0.15) is 52.3 Å². The third-order valence-corrected chi connectivity index (χ3v) is 3.65. The molecule has 2 heterocycles. The normalized spacial score (nSPS) is 20.6. The quantitative estimate of drug-likeness (QED) is 0.895. The van der Waals surface area contributed by atoms with Gasteiger partial charge in [-0.25, -0.2) is 4.79 Å². The van der Waals surface area contributed by atoms with E-state index < -0.39 is 5.60 Å². The van der Waals surface area contributed by atoms with E-state index in [-0.39, 0.29) is 18.2 Å². The van der Waals surface area contributed by atoms with E-state index in [9.17, 15) is 4.79 Å². The summed E-state index contributed by atoms with van der Waals surface area (Å²) in [5.74, 6) is 0. The highest BCUT2D eigenvalue weighted by atomic mass is 16.6.